The summed E-state index contributed by atoms with van der Waals surface area (Å²) in [6.45, 7) is 3.27. The first-order chi connectivity index (χ1) is 14.1. The van der Waals surface area contributed by atoms with Gasteiger partial charge in [-0.1, -0.05) is 13.0 Å². The normalized spacial score (nSPS) is 21.4. The number of imide groups is 1. The molecule has 1 fully saturated rings. The molecule has 2 aromatic rings. The molecule has 2 aliphatic heterocycles. The molecule has 4 heterocycles. The van der Waals surface area contributed by atoms with Gasteiger partial charge in [-0.05, 0) is 46.3 Å². The predicted molar refractivity (Wildman–Crippen MR) is 108 cm³/mol. The summed E-state index contributed by atoms with van der Waals surface area (Å²) in [6.07, 6.45) is 1.39. The molecule has 3 amide bonds. The zero-order valence-electron chi connectivity index (χ0n) is 15.9. The molecule has 4 rings (SSSR count). The number of halogens is 1. The average molecular weight is 437 g/mol. The fourth-order valence-corrected chi connectivity index (χ4v) is 4.46. The molecule has 0 aromatic carbocycles. The van der Waals surface area contributed by atoms with Crippen LogP contribution in [-0.2, 0) is 17.8 Å². The third kappa shape index (κ3) is 3.97. The van der Waals surface area contributed by atoms with Crippen molar-refractivity contribution in [2.24, 2.45) is 4.99 Å². The molecule has 2 unspecified atom stereocenters. The van der Waals surface area contributed by atoms with Crippen molar-refractivity contribution in [3.8, 4) is 0 Å². The van der Waals surface area contributed by atoms with Crippen molar-refractivity contribution in [1.29, 1.82) is 0 Å². The van der Waals surface area contributed by atoms with E-state index in [1.807, 2.05) is 24.4 Å². The highest BCUT2D eigenvalue weighted by atomic mass is 35.5. The summed E-state index contributed by atoms with van der Waals surface area (Å²) in [5.41, 5.74) is 0. The second kappa shape index (κ2) is 8.46. The van der Waals surface area contributed by atoms with Crippen LogP contribution in [0.4, 0.5) is 4.79 Å². The molecule has 0 radical (unpaired) electrons. The van der Waals surface area contributed by atoms with Gasteiger partial charge in [0.05, 0.1) is 0 Å². The van der Waals surface area contributed by atoms with Gasteiger partial charge >= 0.3 is 6.03 Å². The number of aromatic nitrogens is 4. The second-order valence-corrected chi connectivity index (χ2v) is 8.24. The third-order valence-corrected chi connectivity index (χ3v) is 5.96. The lowest BCUT2D eigenvalue weighted by molar-refractivity contribution is -0.134. The maximum absolute atomic E-state index is 12.9. The van der Waals surface area contributed by atoms with Gasteiger partial charge in [-0.3, -0.25) is 14.6 Å². The number of hydrogen-bond acceptors (Lipinski definition) is 8. The highest BCUT2D eigenvalue weighted by Crippen LogP contribution is 2.24. The van der Waals surface area contributed by atoms with Crippen molar-refractivity contribution in [3.63, 3.8) is 0 Å². The summed E-state index contributed by atoms with van der Waals surface area (Å²) in [7, 11) is 0. The molecular formula is C17H21ClN8O2S. The molecule has 12 heteroatoms. The Morgan fingerprint density at radius 2 is 2.14 bits per heavy atom. The van der Waals surface area contributed by atoms with Crippen LogP contribution in [0.2, 0.25) is 0 Å². The van der Waals surface area contributed by atoms with Crippen LogP contribution >= 0.6 is 22.9 Å². The molecular weight excluding hydrogens is 416 g/mol. The van der Waals surface area contributed by atoms with Gasteiger partial charge < -0.3 is 5.32 Å². The first kappa shape index (κ1) is 19.8. The Balaban J connectivity index is 1.40. The minimum atomic E-state index is -0.630. The van der Waals surface area contributed by atoms with Gasteiger partial charge in [-0.15, -0.1) is 16.4 Å². The molecule has 0 saturated carbocycles. The molecule has 0 spiro atoms. The molecule has 154 valence electrons. The fraction of sp³-hybridized carbons (Fsp3) is 0.529. The van der Waals surface area contributed by atoms with Crippen molar-refractivity contribution in [2.45, 2.75) is 44.9 Å². The average Bonchev–Trinajstić information content (AvgIpc) is 3.44. The van der Waals surface area contributed by atoms with Gasteiger partial charge in [0.1, 0.15) is 6.04 Å². The number of nitrogens with zero attached hydrogens (tertiary/aromatic N) is 7. The molecule has 1 N–H and O–H groups in total. The number of nitrogens with one attached hydrogen (secondary N) is 1. The van der Waals surface area contributed by atoms with E-state index in [0.717, 1.165) is 12.2 Å². The SMILES string of the molecule is CCCN1C(=O)N(CCCn2nnnc2Cc2cccs2)C(=O)C2NC(Cl)=NC21. The monoisotopic (exact) mass is 436 g/mol. The third-order valence-electron chi connectivity index (χ3n) is 4.88. The van der Waals surface area contributed by atoms with E-state index in [1.54, 1.807) is 20.9 Å². The number of amidine groups is 1. The summed E-state index contributed by atoms with van der Waals surface area (Å²) in [6, 6.07) is 3.07. The van der Waals surface area contributed by atoms with Gasteiger partial charge in [0.25, 0.3) is 5.91 Å². The number of tetrazole rings is 1. The molecule has 2 aromatic heterocycles. The Kier molecular flexibility index (Phi) is 5.76. The summed E-state index contributed by atoms with van der Waals surface area (Å²) < 4.78 is 1.72. The highest BCUT2D eigenvalue weighted by molar-refractivity contribution is 7.09. The van der Waals surface area contributed by atoms with E-state index in [9.17, 15) is 9.59 Å². The van der Waals surface area contributed by atoms with Crippen LogP contribution in [0.3, 0.4) is 0 Å². The van der Waals surface area contributed by atoms with Crippen LogP contribution in [0.25, 0.3) is 0 Å². The van der Waals surface area contributed by atoms with E-state index >= 15 is 0 Å². The van der Waals surface area contributed by atoms with E-state index in [-0.39, 0.29) is 23.8 Å². The Morgan fingerprint density at radius 3 is 2.90 bits per heavy atom. The number of urea groups is 1. The fourth-order valence-electron chi connectivity index (χ4n) is 3.55. The maximum atomic E-state index is 12.9. The van der Waals surface area contributed by atoms with Crippen molar-refractivity contribution >= 4 is 40.2 Å². The first-order valence-corrected chi connectivity index (χ1v) is 10.7. The quantitative estimate of drug-likeness (QED) is 0.624. The Morgan fingerprint density at radius 1 is 1.28 bits per heavy atom. The van der Waals surface area contributed by atoms with E-state index in [0.29, 0.717) is 25.9 Å². The number of rotatable bonds is 8. The Labute approximate surface area is 176 Å². The summed E-state index contributed by atoms with van der Waals surface area (Å²) in [5.74, 6) is 0.455. The lowest BCUT2D eigenvalue weighted by Crippen LogP contribution is -2.65. The van der Waals surface area contributed by atoms with Crippen molar-refractivity contribution < 1.29 is 9.59 Å². The molecule has 2 aliphatic rings. The number of carbonyl (C=O) groups is 2. The zero-order valence-corrected chi connectivity index (χ0v) is 17.4. The van der Waals surface area contributed by atoms with E-state index in [4.69, 9.17) is 11.6 Å². The van der Waals surface area contributed by atoms with Crippen LogP contribution in [-0.4, -0.2) is 72.5 Å². The molecule has 1 saturated heterocycles. The number of aliphatic imine (C=N–C) groups is 1. The van der Waals surface area contributed by atoms with E-state index < -0.39 is 12.2 Å². The Hall–Kier alpha value is -2.53. The zero-order chi connectivity index (χ0) is 20.4. The molecule has 0 bridgehead atoms. The minimum Gasteiger partial charge on any atom is -0.345 e. The van der Waals surface area contributed by atoms with Gasteiger partial charge in [-0.25, -0.2) is 14.5 Å². The number of aryl methyl sites for hydroxylation is 1. The van der Waals surface area contributed by atoms with Crippen LogP contribution in [0.15, 0.2) is 22.5 Å². The van der Waals surface area contributed by atoms with Crippen LogP contribution in [0.1, 0.15) is 30.5 Å². The van der Waals surface area contributed by atoms with Crippen molar-refractivity contribution in [2.75, 3.05) is 13.1 Å². The standard InChI is InChI=1S/C17H21ClN8O2S/c1-2-6-24-14-13(19-16(18)20-14)15(27)25(17(24)28)7-4-8-26-12(21-22-23-26)10-11-5-3-9-29-11/h3,5,9,13-14H,2,4,6-8,10H2,1H3,(H,19,20). The van der Waals surface area contributed by atoms with E-state index in [1.165, 1.54) is 9.78 Å². The smallest absolute Gasteiger partial charge is 0.328 e. The van der Waals surface area contributed by atoms with Crippen LogP contribution < -0.4 is 5.32 Å². The van der Waals surface area contributed by atoms with Crippen molar-refractivity contribution in [1.82, 2.24) is 35.3 Å². The van der Waals surface area contributed by atoms with Gasteiger partial charge in [0, 0.05) is 30.9 Å². The molecule has 10 nitrogen and oxygen atoms in total. The number of carbonyl (C=O) groups excluding carboxylic acids is 2. The van der Waals surface area contributed by atoms with Crippen LogP contribution in [0, 0.1) is 0 Å². The number of amides is 3. The minimum absolute atomic E-state index is 0.163. The number of thiophene rings is 1. The van der Waals surface area contributed by atoms with Gasteiger partial charge in [0.2, 0.25) is 0 Å². The second-order valence-electron chi connectivity index (χ2n) is 6.85. The topological polar surface area (TPSA) is 109 Å². The van der Waals surface area contributed by atoms with Gasteiger partial charge in [0.15, 0.2) is 17.3 Å². The van der Waals surface area contributed by atoms with Crippen LogP contribution in [0.5, 0.6) is 0 Å². The first-order valence-electron chi connectivity index (χ1n) is 9.47. The van der Waals surface area contributed by atoms with E-state index in [2.05, 4.69) is 25.8 Å². The lowest BCUT2D eigenvalue weighted by Gasteiger charge is -2.40. The predicted octanol–water partition coefficient (Wildman–Crippen LogP) is 1.28. The maximum Gasteiger partial charge on any atom is 0.328 e. The summed E-state index contributed by atoms with van der Waals surface area (Å²) >= 11 is 7.62. The van der Waals surface area contributed by atoms with Gasteiger partial charge in [-0.2, -0.15) is 0 Å². The summed E-state index contributed by atoms with van der Waals surface area (Å²) in [5, 5.41) is 16.9. The molecule has 2 atom stereocenters. The molecule has 29 heavy (non-hydrogen) atoms. The summed E-state index contributed by atoms with van der Waals surface area (Å²) in [4.78, 5) is 34.0. The number of hydrogen-bond donors (Lipinski definition) is 1. The van der Waals surface area contributed by atoms with Crippen molar-refractivity contribution in [3.05, 3.63) is 28.2 Å². The highest BCUT2D eigenvalue weighted by Gasteiger charge is 2.48. The lowest BCUT2D eigenvalue weighted by atomic mass is 10.1. The largest absolute Gasteiger partial charge is 0.345 e. The molecule has 0 aliphatic carbocycles. The Bertz CT molecular complexity index is 914. The number of fused-ring (bicyclic) bond motifs is 1.